The monoisotopic (exact) mass is 238 g/mol. The van der Waals surface area contributed by atoms with Gasteiger partial charge in [-0.3, -0.25) is 4.79 Å². The van der Waals surface area contributed by atoms with Crippen LogP contribution in [-0.4, -0.2) is 18.8 Å². The van der Waals surface area contributed by atoms with E-state index in [-0.39, 0.29) is 11.9 Å². The van der Waals surface area contributed by atoms with Crippen LogP contribution in [0.1, 0.15) is 23.6 Å². The second-order valence-electron chi connectivity index (χ2n) is 4.10. The first-order valence-electron chi connectivity index (χ1n) is 5.34. The Morgan fingerprint density at radius 2 is 2.25 bits per heavy atom. The molecule has 0 aliphatic carbocycles. The number of anilines is 1. The van der Waals surface area contributed by atoms with Crippen molar-refractivity contribution in [1.29, 1.82) is 0 Å². The minimum atomic E-state index is -0.130. The van der Waals surface area contributed by atoms with Crippen molar-refractivity contribution in [3.8, 4) is 0 Å². The first-order valence-corrected chi connectivity index (χ1v) is 5.88. The van der Waals surface area contributed by atoms with Crippen molar-refractivity contribution in [2.45, 2.75) is 18.9 Å². The summed E-state index contributed by atoms with van der Waals surface area (Å²) in [7, 11) is 1.81. The van der Waals surface area contributed by atoms with E-state index >= 15 is 0 Å². The van der Waals surface area contributed by atoms with Crippen LogP contribution < -0.4 is 10.6 Å². The van der Waals surface area contributed by atoms with Crippen molar-refractivity contribution in [1.82, 2.24) is 0 Å². The normalized spacial score (nSPS) is 17.2. The average molecular weight is 239 g/mol. The summed E-state index contributed by atoms with van der Waals surface area (Å²) in [5.41, 5.74) is 9.08. The second kappa shape index (κ2) is 4.44. The van der Waals surface area contributed by atoms with Crippen molar-refractivity contribution >= 4 is 23.2 Å². The molecular formula is C12H15ClN2O. The fraction of sp³-hybridized carbons (Fsp3) is 0.417. The van der Waals surface area contributed by atoms with Gasteiger partial charge in [0.25, 0.3) is 0 Å². The van der Waals surface area contributed by atoms with Crippen molar-refractivity contribution in [3.63, 3.8) is 0 Å². The van der Waals surface area contributed by atoms with Crippen molar-refractivity contribution in [3.05, 3.63) is 29.3 Å². The number of nitrogens with zero attached hydrogens (tertiary/aromatic N) is 1. The van der Waals surface area contributed by atoms with E-state index in [1.165, 1.54) is 5.56 Å². The van der Waals surface area contributed by atoms with Crippen LogP contribution in [-0.2, 0) is 11.2 Å². The van der Waals surface area contributed by atoms with E-state index in [2.05, 4.69) is 6.07 Å². The Morgan fingerprint density at radius 1 is 1.50 bits per heavy atom. The van der Waals surface area contributed by atoms with Crippen LogP contribution in [0.3, 0.4) is 0 Å². The third kappa shape index (κ3) is 1.93. The van der Waals surface area contributed by atoms with Gasteiger partial charge in [0, 0.05) is 31.1 Å². The number of fused-ring (bicyclic) bond motifs is 1. The molecule has 1 aliphatic heterocycles. The predicted octanol–water partition coefficient (Wildman–Crippen LogP) is 1.83. The number of nitrogens with two attached hydrogens (primary N) is 1. The molecule has 0 spiro atoms. The van der Waals surface area contributed by atoms with Gasteiger partial charge in [-0.25, -0.2) is 0 Å². The van der Waals surface area contributed by atoms with Gasteiger partial charge in [-0.15, -0.1) is 11.6 Å². The highest BCUT2D eigenvalue weighted by Gasteiger charge is 2.21. The van der Waals surface area contributed by atoms with Gasteiger partial charge in [-0.1, -0.05) is 12.1 Å². The minimum Gasteiger partial charge on any atom is -0.323 e. The molecule has 1 aromatic rings. The van der Waals surface area contributed by atoms with Gasteiger partial charge in [0.15, 0.2) is 0 Å². The van der Waals surface area contributed by atoms with Crippen LogP contribution in [0.2, 0.25) is 0 Å². The molecule has 0 fully saturated rings. The molecule has 1 aromatic carbocycles. The van der Waals surface area contributed by atoms with Gasteiger partial charge in [0.05, 0.1) is 0 Å². The molecule has 0 saturated heterocycles. The number of halogens is 1. The lowest BCUT2D eigenvalue weighted by molar-refractivity contribution is -0.118. The quantitative estimate of drug-likeness (QED) is 0.800. The van der Waals surface area contributed by atoms with E-state index in [4.69, 9.17) is 17.3 Å². The smallest absolute Gasteiger partial charge is 0.227 e. The standard InChI is InChI=1S/C12H15ClN2O/c1-15-11-4-2-8(10(14)7-13)6-9(11)3-5-12(15)16/h2,4,6,10H,3,5,7,14H2,1H3. The lowest BCUT2D eigenvalue weighted by Gasteiger charge is -2.26. The third-order valence-electron chi connectivity index (χ3n) is 3.04. The molecule has 1 heterocycles. The Morgan fingerprint density at radius 3 is 2.94 bits per heavy atom. The maximum absolute atomic E-state index is 11.5. The first kappa shape index (κ1) is 11.4. The van der Waals surface area contributed by atoms with E-state index in [1.807, 2.05) is 19.2 Å². The number of aryl methyl sites for hydroxylation is 1. The van der Waals surface area contributed by atoms with E-state index in [0.717, 1.165) is 17.7 Å². The zero-order chi connectivity index (χ0) is 11.7. The molecule has 0 bridgehead atoms. The predicted molar refractivity (Wildman–Crippen MR) is 65.8 cm³/mol. The number of alkyl halides is 1. The molecule has 2 N–H and O–H groups in total. The molecule has 86 valence electrons. The minimum absolute atomic E-state index is 0.130. The molecule has 0 aromatic heterocycles. The van der Waals surface area contributed by atoms with Crippen LogP contribution >= 0.6 is 11.6 Å². The maximum atomic E-state index is 11.5. The Hall–Kier alpha value is -1.06. The Balaban J connectivity index is 2.37. The zero-order valence-electron chi connectivity index (χ0n) is 9.24. The van der Waals surface area contributed by atoms with Crippen LogP contribution in [0.15, 0.2) is 18.2 Å². The van der Waals surface area contributed by atoms with E-state index < -0.39 is 0 Å². The van der Waals surface area contributed by atoms with Crippen molar-refractivity contribution in [2.75, 3.05) is 17.8 Å². The topological polar surface area (TPSA) is 46.3 Å². The lowest BCUT2D eigenvalue weighted by Crippen LogP contribution is -2.31. The maximum Gasteiger partial charge on any atom is 0.227 e. The zero-order valence-corrected chi connectivity index (χ0v) is 10.00. The summed E-state index contributed by atoms with van der Waals surface area (Å²) >= 11 is 5.73. The van der Waals surface area contributed by atoms with Gasteiger partial charge in [-0.05, 0) is 23.6 Å². The molecular weight excluding hydrogens is 224 g/mol. The summed E-state index contributed by atoms with van der Waals surface area (Å²) < 4.78 is 0. The SMILES string of the molecule is CN1C(=O)CCc2cc(C(N)CCl)ccc21. The highest BCUT2D eigenvalue weighted by atomic mass is 35.5. The molecule has 1 aliphatic rings. The summed E-state index contributed by atoms with van der Waals surface area (Å²) in [6.07, 6.45) is 1.37. The number of benzene rings is 1. The summed E-state index contributed by atoms with van der Waals surface area (Å²) in [6.45, 7) is 0. The first-order chi connectivity index (χ1) is 7.63. The van der Waals surface area contributed by atoms with Crippen LogP contribution in [0.25, 0.3) is 0 Å². The molecule has 0 radical (unpaired) electrons. The summed E-state index contributed by atoms with van der Waals surface area (Å²) in [5, 5.41) is 0. The van der Waals surface area contributed by atoms with E-state index in [0.29, 0.717) is 12.3 Å². The average Bonchev–Trinajstić information content (AvgIpc) is 2.32. The van der Waals surface area contributed by atoms with E-state index in [9.17, 15) is 4.79 Å². The van der Waals surface area contributed by atoms with Gasteiger partial charge < -0.3 is 10.6 Å². The van der Waals surface area contributed by atoms with E-state index in [1.54, 1.807) is 4.90 Å². The van der Waals surface area contributed by atoms with Crippen molar-refractivity contribution in [2.24, 2.45) is 5.73 Å². The molecule has 2 rings (SSSR count). The fourth-order valence-electron chi connectivity index (χ4n) is 2.00. The highest BCUT2D eigenvalue weighted by Crippen LogP contribution is 2.29. The van der Waals surface area contributed by atoms with Gasteiger partial charge >= 0.3 is 0 Å². The number of hydrogen-bond acceptors (Lipinski definition) is 2. The molecule has 16 heavy (non-hydrogen) atoms. The molecule has 1 atom stereocenters. The molecule has 3 nitrogen and oxygen atoms in total. The highest BCUT2D eigenvalue weighted by molar-refractivity contribution is 6.18. The van der Waals surface area contributed by atoms with Gasteiger partial charge in [0.1, 0.15) is 0 Å². The summed E-state index contributed by atoms with van der Waals surface area (Å²) in [5.74, 6) is 0.579. The van der Waals surface area contributed by atoms with Gasteiger partial charge in [0.2, 0.25) is 5.91 Å². The largest absolute Gasteiger partial charge is 0.323 e. The number of carbonyl (C=O) groups excluding carboxylic acids is 1. The summed E-state index contributed by atoms with van der Waals surface area (Å²) in [6, 6.07) is 5.83. The Labute approximate surface area is 100 Å². The Bertz CT molecular complexity index is 419. The molecule has 4 heteroatoms. The number of carbonyl (C=O) groups is 1. The Kier molecular flexibility index (Phi) is 3.17. The van der Waals surface area contributed by atoms with Crippen LogP contribution in [0.5, 0.6) is 0 Å². The van der Waals surface area contributed by atoms with Crippen molar-refractivity contribution < 1.29 is 4.79 Å². The van der Waals surface area contributed by atoms with Crippen LogP contribution in [0.4, 0.5) is 5.69 Å². The molecule has 1 amide bonds. The summed E-state index contributed by atoms with van der Waals surface area (Å²) in [4.78, 5) is 13.2. The third-order valence-corrected chi connectivity index (χ3v) is 3.37. The molecule has 1 unspecified atom stereocenters. The van der Waals surface area contributed by atoms with Gasteiger partial charge in [-0.2, -0.15) is 0 Å². The van der Waals surface area contributed by atoms with Crippen LogP contribution in [0, 0.1) is 0 Å². The molecule has 0 saturated carbocycles. The lowest BCUT2D eigenvalue weighted by atomic mass is 9.97. The number of amides is 1. The number of hydrogen-bond donors (Lipinski definition) is 1. The second-order valence-corrected chi connectivity index (χ2v) is 4.41. The number of rotatable bonds is 2. The fourth-order valence-corrected chi connectivity index (χ4v) is 2.17.